The van der Waals surface area contributed by atoms with Crippen molar-refractivity contribution >= 4 is 15.9 Å². The van der Waals surface area contributed by atoms with Crippen molar-refractivity contribution in [3.8, 4) is 5.69 Å². The second-order valence-electron chi connectivity index (χ2n) is 3.51. The number of benzene rings is 1. The first-order chi connectivity index (χ1) is 7.79. The molecule has 0 unspecified atom stereocenters. The summed E-state index contributed by atoms with van der Waals surface area (Å²) < 4.78 is 2.95. The van der Waals surface area contributed by atoms with E-state index in [4.69, 9.17) is 0 Å². The molecular weight excluding hydrogens is 266 g/mol. The van der Waals surface area contributed by atoms with E-state index in [1.165, 1.54) is 0 Å². The highest BCUT2D eigenvalue weighted by atomic mass is 79.9. The van der Waals surface area contributed by atoms with Gasteiger partial charge in [-0.3, -0.25) is 0 Å². The average molecular weight is 280 g/mol. The third-order valence-corrected chi connectivity index (χ3v) is 2.77. The van der Waals surface area contributed by atoms with Gasteiger partial charge in [-0.05, 0) is 30.8 Å². The second-order valence-corrected chi connectivity index (χ2v) is 4.43. The standard InChI is InChI=1S/C12H14BrN3/c1-2-14-9-11-6-7-16(15-11)12-5-3-4-10(13)8-12/h3-8,14H,2,9H2,1H3. The third-order valence-electron chi connectivity index (χ3n) is 2.27. The van der Waals surface area contributed by atoms with Crippen LogP contribution >= 0.6 is 15.9 Å². The van der Waals surface area contributed by atoms with E-state index >= 15 is 0 Å². The smallest absolute Gasteiger partial charge is 0.0766 e. The Labute approximate surface area is 104 Å². The van der Waals surface area contributed by atoms with Gasteiger partial charge in [0.25, 0.3) is 0 Å². The van der Waals surface area contributed by atoms with Gasteiger partial charge in [0.05, 0.1) is 11.4 Å². The van der Waals surface area contributed by atoms with Crippen LogP contribution in [-0.4, -0.2) is 16.3 Å². The largest absolute Gasteiger partial charge is 0.311 e. The minimum atomic E-state index is 0.817. The van der Waals surface area contributed by atoms with E-state index in [1.807, 2.05) is 41.2 Å². The topological polar surface area (TPSA) is 29.9 Å². The Balaban J connectivity index is 2.18. The zero-order chi connectivity index (χ0) is 11.4. The van der Waals surface area contributed by atoms with Crippen molar-refractivity contribution in [3.05, 3.63) is 46.7 Å². The molecule has 0 saturated heterocycles. The van der Waals surface area contributed by atoms with Crippen LogP contribution in [0.1, 0.15) is 12.6 Å². The minimum absolute atomic E-state index is 0.817. The lowest BCUT2D eigenvalue weighted by molar-refractivity contribution is 0.696. The van der Waals surface area contributed by atoms with Gasteiger partial charge in [0, 0.05) is 17.2 Å². The van der Waals surface area contributed by atoms with Gasteiger partial charge in [-0.25, -0.2) is 4.68 Å². The summed E-state index contributed by atoms with van der Waals surface area (Å²) in [5.41, 5.74) is 2.12. The van der Waals surface area contributed by atoms with Crippen molar-refractivity contribution in [1.29, 1.82) is 0 Å². The number of nitrogens with zero attached hydrogens (tertiary/aromatic N) is 2. The molecular formula is C12H14BrN3. The van der Waals surface area contributed by atoms with E-state index in [0.717, 1.165) is 28.9 Å². The quantitative estimate of drug-likeness (QED) is 0.933. The molecule has 1 N–H and O–H groups in total. The normalized spacial score (nSPS) is 10.6. The highest BCUT2D eigenvalue weighted by Crippen LogP contribution is 2.14. The number of halogens is 1. The van der Waals surface area contributed by atoms with Crippen LogP contribution in [0.15, 0.2) is 41.0 Å². The number of aromatic nitrogens is 2. The molecule has 1 heterocycles. The zero-order valence-electron chi connectivity index (χ0n) is 9.15. The molecule has 1 aromatic heterocycles. The maximum atomic E-state index is 4.49. The molecule has 0 saturated carbocycles. The summed E-state index contributed by atoms with van der Waals surface area (Å²) in [6.07, 6.45) is 1.98. The average Bonchev–Trinajstić information content (AvgIpc) is 2.75. The van der Waals surface area contributed by atoms with Crippen LogP contribution < -0.4 is 5.32 Å². The van der Waals surface area contributed by atoms with Crippen LogP contribution in [-0.2, 0) is 6.54 Å². The second kappa shape index (κ2) is 5.27. The lowest BCUT2D eigenvalue weighted by atomic mass is 10.3. The molecule has 0 spiro atoms. The molecule has 0 aliphatic heterocycles. The van der Waals surface area contributed by atoms with Crippen molar-refractivity contribution < 1.29 is 0 Å². The Kier molecular flexibility index (Phi) is 3.74. The first kappa shape index (κ1) is 11.4. The molecule has 0 amide bonds. The zero-order valence-corrected chi connectivity index (χ0v) is 10.7. The lowest BCUT2D eigenvalue weighted by Gasteiger charge is -2.01. The molecule has 0 aliphatic carbocycles. The highest BCUT2D eigenvalue weighted by molar-refractivity contribution is 9.10. The van der Waals surface area contributed by atoms with Gasteiger partial charge in [-0.1, -0.05) is 28.9 Å². The number of hydrogen-bond donors (Lipinski definition) is 1. The van der Waals surface area contributed by atoms with Crippen LogP contribution in [0.3, 0.4) is 0 Å². The third kappa shape index (κ3) is 2.71. The summed E-state index contributed by atoms with van der Waals surface area (Å²) in [5, 5.41) is 7.75. The van der Waals surface area contributed by atoms with Crippen LogP contribution in [0.25, 0.3) is 5.69 Å². The molecule has 2 rings (SSSR count). The van der Waals surface area contributed by atoms with Gasteiger partial charge >= 0.3 is 0 Å². The molecule has 4 heteroatoms. The van der Waals surface area contributed by atoms with Gasteiger partial charge in [0.2, 0.25) is 0 Å². The summed E-state index contributed by atoms with van der Waals surface area (Å²) in [7, 11) is 0. The van der Waals surface area contributed by atoms with E-state index in [9.17, 15) is 0 Å². The first-order valence-corrected chi connectivity index (χ1v) is 6.10. The fraction of sp³-hybridized carbons (Fsp3) is 0.250. The number of nitrogens with one attached hydrogen (secondary N) is 1. The van der Waals surface area contributed by atoms with Crippen LogP contribution in [0.2, 0.25) is 0 Å². The Morgan fingerprint density at radius 2 is 2.25 bits per heavy atom. The molecule has 1 aromatic carbocycles. The summed E-state index contributed by atoms with van der Waals surface area (Å²) in [6, 6.07) is 10.1. The molecule has 0 atom stereocenters. The molecule has 84 valence electrons. The van der Waals surface area contributed by atoms with E-state index in [1.54, 1.807) is 0 Å². The number of rotatable bonds is 4. The van der Waals surface area contributed by atoms with E-state index in [2.05, 4.69) is 33.3 Å². The van der Waals surface area contributed by atoms with Crippen molar-refractivity contribution in [2.45, 2.75) is 13.5 Å². The highest BCUT2D eigenvalue weighted by Gasteiger charge is 2.00. The Morgan fingerprint density at radius 1 is 1.38 bits per heavy atom. The van der Waals surface area contributed by atoms with Crippen LogP contribution in [0.5, 0.6) is 0 Å². The molecule has 3 nitrogen and oxygen atoms in total. The minimum Gasteiger partial charge on any atom is -0.311 e. The number of hydrogen-bond acceptors (Lipinski definition) is 2. The SMILES string of the molecule is CCNCc1ccn(-c2cccc(Br)c2)n1. The molecule has 0 fully saturated rings. The first-order valence-electron chi connectivity index (χ1n) is 5.31. The summed E-state index contributed by atoms with van der Waals surface area (Å²) in [4.78, 5) is 0. The maximum Gasteiger partial charge on any atom is 0.0766 e. The summed E-state index contributed by atoms with van der Waals surface area (Å²) in [5.74, 6) is 0. The Hall–Kier alpha value is -1.13. The lowest BCUT2D eigenvalue weighted by Crippen LogP contribution is -2.12. The van der Waals surface area contributed by atoms with E-state index in [-0.39, 0.29) is 0 Å². The monoisotopic (exact) mass is 279 g/mol. The fourth-order valence-corrected chi connectivity index (χ4v) is 1.86. The van der Waals surface area contributed by atoms with Crippen molar-refractivity contribution in [1.82, 2.24) is 15.1 Å². The van der Waals surface area contributed by atoms with Gasteiger partial charge in [0.15, 0.2) is 0 Å². The van der Waals surface area contributed by atoms with Crippen LogP contribution in [0, 0.1) is 0 Å². The van der Waals surface area contributed by atoms with Gasteiger partial charge < -0.3 is 5.32 Å². The predicted molar refractivity (Wildman–Crippen MR) is 68.6 cm³/mol. The van der Waals surface area contributed by atoms with E-state index in [0.29, 0.717) is 0 Å². The molecule has 0 aliphatic rings. The molecule has 0 bridgehead atoms. The van der Waals surface area contributed by atoms with Crippen molar-refractivity contribution in [2.24, 2.45) is 0 Å². The summed E-state index contributed by atoms with van der Waals surface area (Å²) >= 11 is 3.45. The van der Waals surface area contributed by atoms with Crippen molar-refractivity contribution in [3.63, 3.8) is 0 Å². The van der Waals surface area contributed by atoms with Gasteiger partial charge in [-0.15, -0.1) is 0 Å². The van der Waals surface area contributed by atoms with Crippen LogP contribution in [0.4, 0.5) is 0 Å². The Morgan fingerprint density at radius 3 is 3.00 bits per heavy atom. The van der Waals surface area contributed by atoms with Gasteiger partial charge in [0.1, 0.15) is 0 Å². The van der Waals surface area contributed by atoms with Crippen molar-refractivity contribution in [2.75, 3.05) is 6.54 Å². The summed E-state index contributed by atoms with van der Waals surface area (Å²) in [6.45, 7) is 3.87. The molecule has 16 heavy (non-hydrogen) atoms. The fourth-order valence-electron chi connectivity index (χ4n) is 1.47. The Bertz CT molecular complexity index is 465. The molecule has 2 aromatic rings. The maximum absolute atomic E-state index is 4.49. The van der Waals surface area contributed by atoms with E-state index < -0.39 is 0 Å². The predicted octanol–water partition coefficient (Wildman–Crippen LogP) is 2.74. The van der Waals surface area contributed by atoms with Gasteiger partial charge in [-0.2, -0.15) is 5.10 Å². The molecule has 0 radical (unpaired) electrons.